The molecule has 0 aromatic carbocycles. The van der Waals surface area contributed by atoms with Gasteiger partial charge in [0, 0.05) is 12.8 Å². The van der Waals surface area contributed by atoms with Gasteiger partial charge in [0.2, 0.25) is 0 Å². The first-order valence-electron chi connectivity index (χ1n) is 4.94. The molecule has 1 unspecified atom stereocenters. The molecule has 1 atom stereocenters. The van der Waals surface area contributed by atoms with Gasteiger partial charge in [0.15, 0.2) is 0 Å². The van der Waals surface area contributed by atoms with E-state index in [0.29, 0.717) is 12.5 Å². The summed E-state index contributed by atoms with van der Waals surface area (Å²) in [5, 5.41) is 0. The lowest BCUT2D eigenvalue weighted by Gasteiger charge is -2.08. The van der Waals surface area contributed by atoms with Crippen LogP contribution in [-0.2, 0) is 14.3 Å². The molecule has 0 bridgehead atoms. The summed E-state index contributed by atoms with van der Waals surface area (Å²) in [7, 11) is 0. The van der Waals surface area contributed by atoms with Crippen LogP contribution in [0, 0.1) is 5.92 Å². The summed E-state index contributed by atoms with van der Waals surface area (Å²) in [5.41, 5.74) is 0. The average Bonchev–Trinajstić information content (AvgIpc) is 2.20. The van der Waals surface area contributed by atoms with Gasteiger partial charge in [-0.25, -0.2) is 0 Å². The molecule has 1 aliphatic carbocycles. The fraction of sp³-hybridized carbons (Fsp3) is 0.636. The van der Waals surface area contributed by atoms with Crippen molar-refractivity contribution in [3.05, 3.63) is 12.2 Å². The quantitative estimate of drug-likeness (QED) is 0.388. The Balaban J connectivity index is 0.000000255. The molecular formula is C11H18O3. The van der Waals surface area contributed by atoms with Gasteiger partial charge < -0.3 is 9.53 Å². The summed E-state index contributed by atoms with van der Waals surface area (Å²) in [5.74, 6) is 0.109. The molecule has 1 rings (SSSR count). The van der Waals surface area contributed by atoms with Crippen molar-refractivity contribution in [3.63, 3.8) is 0 Å². The highest BCUT2D eigenvalue weighted by Gasteiger charge is 2.06. The molecule has 3 nitrogen and oxygen atoms in total. The lowest BCUT2D eigenvalue weighted by molar-refractivity contribution is -0.140. The van der Waals surface area contributed by atoms with Crippen molar-refractivity contribution in [1.29, 1.82) is 0 Å². The van der Waals surface area contributed by atoms with Crippen LogP contribution in [-0.4, -0.2) is 18.9 Å². The Labute approximate surface area is 85.1 Å². The molecule has 80 valence electrons. The Kier molecular flexibility index (Phi) is 7.80. The number of carbonyl (C=O) groups excluding carboxylic acids is 2. The van der Waals surface area contributed by atoms with Crippen molar-refractivity contribution >= 4 is 12.3 Å². The third-order valence-corrected chi connectivity index (χ3v) is 1.85. The molecule has 0 aliphatic heterocycles. The van der Waals surface area contributed by atoms with Crippen LogP contribution in [0.4, 0.5) is 0 Å². The largest absolute Gasteiger partial charge is 0.466 e. The molecule has 0 N–H and O–H groups in total. The van der Waals surface area contributed by atoms with Crippen molar-refractivity contribution in [2.75, 3.05) is 6.61 Å². The minimum atomic E-state index is -0.211. The second-order valence-electron chi connectivity index (χ2n) is 3.11. The smallest absolute Gasteiger partial charge is 0.302 e. The molecule has 0 fully saturated rings. The van der Waals surface area contributed by atoms with Crippen LogP contribution in [0.1, 0.15) is 33.1 Å². The van der Waals surface area contributed by atoms with E-state index >= 15 is 0 Å². The Morgan fingerprint density at radius 1 is 1.57 bits per heavy atom. The van der Waals surface area contributed by atoms with Crippen molar-refractivity contribution in [1.82, 2.24) is 0 Å². The van der Waals surface area contributed by atoms with E-state index in [0.717, 1.165) is 25.5 Å². The zero-order valence-electron chi connectivity index (χ0n) is 8.86. The average molecular weight is 198 g/mol. The van der Waals surface area contributed by atoms with E-state index in [1.54, 1.807) is 6.92 Å². The second kappa shape index (κ2) is 8.48. The first-order valence-corrected chi connectivity index (χ1v) is 4.94. The predicted octanol–water partition coefficient (Wildman–Crippen LogP) is 2.11. The number of ether oxygens (including phenoxy) is 1. The van der Waals surface area contributed by atoms with Crippen LogP contribution < -0.4 is 0 Å². The number of hydrogen-bond donors (Lipinski definition) is 0. The summed E-state index contributed by atoms with van der Waals surface area (Å²) >= 11 is 0. The number of aldehydes is 1. The minimum Gasteiger partial charge on any atom is -0.466 e. The van der Waals surface area contributed by atoms with Crippen LogP contribution in [0.2, 0.25) is 0 Å². The molecule has 0 aromatic heterocycles. The van der Waals surface area contributed by atoms with E-state index in [-0.39, 0.29) is 5.97 Å². The molecule has 0 saturated carbocycles. The van der Waals surface area contributed by atoms with E-state index < -0.39 is 0 Å². The molecule has 3 heteroatoms. The van der Waals surface area contributed by atoms with E-state index in [1.807, 2.05) is 0 Å². The fourth-order valence-corrected chi connectivity index (χ4v) is 1.14. The monoisotopic (exact) mass is 198 g/mol. The van der Waals surface area contributed by atoms with E-state index in [9.17, 15) is 9.59 Å². The van der Waals surface area contributed by atoms with Crippen molar-refractivity contribution in [2.24, 2.45) is 5.92 Å². The van der Waals surface area contributed by atoms with Gasteiger partial charge in [-0.05, 0) is 26.2 Å². The van der Waals surface area contributed by atoms with Crippen molar-refractivity contribution in [3.8, 4) is 0 Å². The highest BCUT2D eigenvalue weighted by atomic mass is 16.5. The standard InChI is InChI=1S/C7H10O.C4H8O2/c8-6-7-4-2-1-3-5-7;1-3-6-4(2)5/h1-2,6-7H,3-5H2;3H2,1-2H3. The van der Waals surface area contributed by atoms with E-state index in [2.05, 4.69) is 16.9 Å². The van der Waals surface area contributed by atoms with Crippen LogP contribution in [0.5, 0.6) is 0 Å². The van der Waals surface area contributed by atoms with Crippen LogP contribution in [0.3, 0.4) is 0 Å². The molecule has 1 aliphatic rings. The maximum Gasteiger partial charge on any atom is 0.302 e. The molecule has 0 aromatic rings. The molecular weight excluding hydrogens is 180 g/mol. The van der Waals surface area contributed by atoms with Gasteiger partial charge in [0.05, 0.1) is 6.61 Å². The topological polar surface area (TPSA) is 43.4 Å². The lowest BCUT2D eigenvalue weighted by Crippen LogP contribution is -2.02. The van der Waals surface area contributed by atoms with Gasteiger partial charge in [-0.3, -0.25) is 4.79 Å². The Bertz CT molecular complexity index is 197. The number of hydrogen-bond acceptors (Lipinski definition) is 3. The third kappa shape index (κ3) is 7.53. The number of rotatable bonds is 2. The van der Waals surface area contributed by atoms with Gasteiger partial charge in [0.25, 0.3) is 0 Å². The van der Waals surface area contributed by atoms with Crippen molar-refractivity contribution in [2.45, 2.75) is 33.1 Å². The van der Waals surface area contributed by atoms with Crippen LogP contribution in [0.25, 0.3) is 0 Å². The maximum atomic E-state index is 10.1. The fourth-order valence-electron chi connectivity index (χ4n) is 1.14. The van der Waals surface area contributed by atoms with Gasteiger partial charge in [0.1, 0.15) is 6.29 Å². The van der Waals surface area contributed by atoms with Gasteiger partial charge >= 0.3 is 5.97 Å². The molecule has 0 spiro atoms. The third-order valence-electron chi connectivity index (χ3n) is 1.85. The summed E-state index contributed by atoms with van der Waals surface area (Å²) in [6.07, 6.45) is 8.39. The predicted molar refractivity (Wildman–Crippen MR) is 54.9 cm³/mol. The van der Waals surface area contributed by atoms with Crippen molar-refractivity contribution < 1.29 is 14.3 Å². The summed E-state index contributed by atoms with van der Waals surface area (Å²) in [6.45, 7) is 3.65. The second-order valence-corrected chi connectivity index (χ2v) is 3.11. The number of esters is 1. The minimum absolute atomic E-state index is 0.211. The molecule has 14 heavy (non-hydrogen) atoms. The molecule has 0 saturated heterocycles. The summed E-state index contributed by atoms with van der Waals surface area (Å²) in [6, 6.07) is 0. The first-order chi connectivity index (χ1) is 6.70. The van der Waals surface area contributed by atoms with Crippen LogP contribution in [0.15, 0.2) is 12.2 Å². The SMILES string of the molecule is CCOC(C)=O.O=CC1CC=CCC1. The normalized spacial score (nSPS) is 19.1. The zero-order valence-corrected chi connectivity index (χ0v) is 8.86. The molecule has 0 heterocycles. The zero-order chi connectivity index (χ0) is 10.8. The van der Waals surface area contributed by atoms with Crippen LogP contribution >= 0.6 is 0 Å². The van der Waals surface area contributed by atoms with Gasteiger partial charge in [-0.15, -0.1) is 0 Å². The summed E-state index contributed by atoms with van der Waals surface area (Å²) < 4.78 is 4.40. The number of carbonyl (C=O) groups is 2. The van der Waals surface area contributed by atoms with Gasteiger partial charge in [-0.1, -0.05) is 12.2 Å². The Morgan fingerprint density at radius 3 is 2.50 bits per heavy atom. The van der Waals surface area contributed by atoms with E-state index in [1.165, 1.54) is 6.92 Å². The van der Waals surface area contributed by atoms with Gasteiger partial charge in [-0.2, -0.15) is 0 Å². The maximum absolute atomic E-state index is 10.1. The lowest BCUT2D eigenvalue weighted by atomic mass is 9.96. The molecule has 0 radical (unpaired) electrons. The number of allylic oxidation sites excluding steroid dienone is 2. The first kappa shape index (κ1) is 12.9. The summed E-state index contributed by atoms with van der Waals surface area (Å²) in [4.78, 5) is 19.9. The Hall–Kier alpha value is -1.12. The highest BCUT2D eigenvalue weighted by Crippen LogP contribution is 2.14. The van der Waals surface area contributed by atoms with E-state index in [4.69, 9.17) is 0 Å². The Morgan fingerprint density at radius 2 is 2.29 bits per heavy atom. The molecule has 0 amide bonds. The highest BCUT2D eigenvalue weighted by molar-refractivity contribution is 5.65.